The smallest absolute Gasteiger partial charge is 0.342 e. The molecular formula is C19H16O6. The molecule has 0 aliphatic rings. The van der Waals surface area contributed by atoms with Gasteiger partial charge in [-0.1, -0.05) is 30.3 Å². The van der Waals surface area contributed by atoms with E-state index in [-0.39, 0.29) is 23.5 Å². The van der Waals surface area contributed by atoms with E-state index in [1.54, 1.807) is 25.1 Å². The number of rotatable bonds is 4. The second-order valence-electron chi connectivity index (χ2n) is 5.43. The Morgan fingerprint density at radius 1 is 1.08 bits per heavy atom. The average Bonchev–Trinajstić information content (AvgIpc) is 3.00. The summed E-state index contributed by atoms with van der Waals surface area (Å²) in [5.41, 5.74) is 0.345. The summed E-state index contributed by atoms with van der Waals surface area (Å²) in [6, 6.07) is 11.9. The van der Waals surface area contributed by atoms with Crippen LogP contribution in [0, 0.1) is 6.92 Å². The van der Waals surface area contributed by atoms with Gasteiger partial charge in [0.15, 0.2) is 0 Å². The Kier molecular flexibility index (Phi) is 4.43. The van der Waals surface area contributed by atoms with Gasteiger partial charge in [-0.3, -0.25) is 0 Å². The van der Waals surface area contributed by atoms with Crippen molar-refractivity contribution in [3.8, 4) is 5.75 Å². The van der Waals surface area contributed by atoms with E-state index < -0.39 is 11.9 Å². The van der Waals surface area contributed by atoms with E-state index in [1.165, 1.54) is 19.2 Å². The lowest BCUT2D eigenvalue weighted by Gasteiger charge is -2.07. The molecule has 0 radical (unpaired) electrons. The highest BCUT2D eigenvalue weighted by molar-refractivity contribution is 6.01. The number of fused-ring (bicyclic) bond motifs is 1. The van der Waals surface area contributed by atoms with Crippen molar-refractivity contribution in [1.82, 2.24) is 0 Å². The van der Waals surface area contributed by atoms with Crippen LogP contribution in [-0.2, 0) is 16.1 Å². The minimum atomic E-state index is -0.683. The van der Waals surface area contributed by atoms with Gasteiger partial charge in [0.1, 0.15) is 35.0 Å². The number of methoxy groups -OCH3 is 1. The topological polar surface area (TPSA) is 86.0 Å². The average molecular weight is 340 g/mol. The van der Waals surface area contributed by atoms with Gasteiger partial charge in [-0.25, -0.2) is 9.59 Å². The largest absolute Gasteiger partial charge is 0.506 e. The van der Waals surface area contributed by atoms with Crippen molar-refractivity contribution in [3.63, 3.8) is 0 Å². The van der Waals surface area contributed by atoms with Crippen LogP contribution >= 0.6 is 0 Å². The molecule has 0 spiro atoms. The zero-order valence-electron chi connectivity index (χ0n) is 13.7. The second-order valence-corrected chi connectivity index (χ2v) is 5.43. The Hall–Kier alpha value is -3.28. The predicted molar refractivity (Wildman–Crippen MR) is 89.5 cm³/mol. The SMILES string of the molecule is COC(=O)c1cc(COC(=O)c2ccc3ccccc3c2O)oc1C. The van der Waals surface area contributed by atoms with Crippen LogP contribution in [0.3, 0.4) is 0 Å². The first-order valence-electron chi connectivity index (χ1n) is 7.56. The molecule has 0 bridgehead atoms. The quantitative estimate of drug-likeness (QED) is 0.731. The molecule has 3 aromatic rings. The molecule has 2 aromatic carbocycles. The van der Waals surface area contributed by atoms with Crippen LogP contribution in [0.4, 0.5) is 0 Å². The molecule has 25 heavy (non-hydrogen) atoms. The lowest BCUT2D eigenvalue weighted by Crippen LogP contribution is -2.05. The molecule has 3 rings (SSSR count). The fourth-order valence-electron chi connectivity index (χ4n) is 2.56. The molecule has 0 fully saturated rings. The molecule has 0 amide bonds. The minimum absolute atomic E-state index is 0.0650. The number of phenols is 1. The van der Waals surface area contributed by atoms with Crippen molar-refractivity contribution in [2.75, 3.05) is 7.11 Å². The van der Waals surface area contributed by atoms with E-state index in [0.29, 0.717) is 16.9 Å². The number of carbonyl (C=O) groups is 2. The maximum Gasteiger partial charge on any atom is 0.342 e. The molecule has 6 nitrogen and oxygen atoms in total. The normalized spacial score (nSPS) is 10.6. The van der Waals surface area contributed by atoms with Gasteiger partial charge in [-0.05, 0) is 24.4 Å². The molecule has 0 unspecified atom stereocenters. The van der Waals surface area contributed by atoms with Crippen LogP contribution < -0.4 is 0 Å². The van der Waals surface area contributed by atoms with Gasteiger partial charge in [0.05, 0.1) is 7.11 Å². The van der Waals surface area contributed by atoms with Gasteiger partial charge in [-0.2, -0.15) is 0 Å². The van der Waals surface area contributed by atoms with E-state index in [1.807, 2.05) is 12.1 Å². The fraction of sp³-hybridized carbons (Fsp3) is 0.158. The summed E-state index contributed by atoms with van der Waals surface area (Å²) in [5.74, 6) is -0.644. The van der Waals surface area contributed by atoms with E-state index in [2.05, 4.69) is 4.74 Å². The number of hydrogen-bond donors (Lipinski definition) is 1. The number of benzene rings is 2. The first-order valence-corrected chi connectivity index (χ1v) is 7.56. The zero-order chi connectivity index (χ0) is 18.0. The summed E-state index contributed by atoms with van der Waals surface area (Å²) >= 11 is 0. The fourth-order valence-corrected chi connectivity index (χ4v) is 2.56. The van der Waals surface area contributed by atoms with Crippen molar-refractivity contribution in [1.29, 1.82) is 0 Å². The summed E-state index contributed by atoms with van der Waals surface area (Å²) in [6.07, 6.45) is 0. The highest BCUT2D eigenvalue weighted by atomic mass is 16.5. The lowest BCUT2D eigenvalue weighted by atomic mass is 10.1. The zero-order valence-corrected chi connectivity index (χ0v) is 13.7. The molecule has 0 aliphatic heterocycles. The van der Waals surface area contributed by atoms with E-state index >= 15 is 0 Å². The number of aromatic hydroxyl groups is 1. The first-order chi connectivity index (χ1) is 12.0. The van der Waals surface area contributed by atoms with Crippen molar-refractivity contribution in [3.05, 3.63) is 65.1 Å². The van der Waals surface area contributed by atoms with Crippen molar-refractivity contribution >= 4 is 22.7 Å². The van der Waals surface area contributed by atoms with Crippen LogP contribution in [0.5, 0.6) is 5.75 Å². The molecular weight excluding hydrogens is 324 g/mol. The third-order valence-corrected chi connectivity index (χ3v) is 3.84. The lowest BCUT2D eigenvalue weighted by molar-refractivity contribution is 0.0441. The highest BCUT2D eigenvalue weighted by Gasteiger charge is 2.18. The molecule has 128 valence electrons. The summed E-state index contributed by atoms with van der Waals surface area (Å²) in [6.45, 7) is 1.45. The summed E-state index contributed by atoms with van der Waals surface area (Å²) < 4.78 is 15.2. The number of phenolic OH excluding ortho intramolecular Hbond substituents is 1. The molecule has 1 heterocycles. The molecule has 0 saturated heterocycles. The van der Waals surface area contributed by atoms with Gasteiger partial charge in [0.25, 0.3) is 0 Å². The number of aryl methyl sites for hydroxylation is 1. The van der Waals surface area contributed by atoms with Gasteiger partial charge >= 0.3 is 11.9 Å². The van der Waals surface area contributed by atoms with E-state index in [0.717, 1.165) is 5.39 Å². The number of carbonyl (C=O) groups excluding carboxylic acids is 2. The molecule has 6 heteroatoms. The Morgan fingerprint density at radius 3 is 2.60 bits per heavy atom. The number of hydrogen-bond acceptors (Lipinski definition) is 6. The summed E-state index contributed by atoms with van der Waals surface area (Å²) in [7, 11) is 1.27. The Morgan fingerprint density at radius 2 is 1.84 bits per heavy atom. The third kappa shape index (κ3) is 3.19. The monoisotopic (exact) mass is 340 g/mol. The number of ether oxygens (including phenoxy) is 2. The van der Waals surface area contributed by atoms with E-state index in [9.17, 15) is 14.7 Å². The number of furan rings is 1. The maximum absolute atomic E-state index is 12.2. The van der Waals surface area contributed by atoms with Crippen molar-refractivity contribution in [2.24, 2.45) is 0 Å². The van der Waals surface area contributed by atoms with E-state index in [4.69, 9.17) is 9.15 Å². The van der Waals surface area contributed by atoms with Gasteiger partial charge in [-0.15, -0.1) is 0 Å². The van der Waals surface area contributed by atoms with Crippen LogP contribution in [0.15, 0.2) is 46.9 Å². The molecule has 0 atom stereocenters. The predicted octanol–water partition coefficient (Wildman–Crippen LogP) is 3.59. The summed E-state index contributed by atoms with van der Waals surface area (Å²) in [4.78, 5) is 23.8. The van der Waals surface area contributed by atoms with Crippen molar-refractivity contribution < 1.29 is 28.6 Å². The van der Waals surface area contributed by atoms with Crippen molar-refractivity contribution in [2.45, 2.75) is 13.5 Å². The summed E-state index contributed by atoms with van der Waals surface area (Å²) in [5, 5.41) is 11.7. The molecule has 0 aliphatic carbocycles. The van der Waals surface area contributed by atoms with Gasteiger partial charge in [0, 0.05) is 5.39 Å². The highest BCUT2D eigenvalue weighted by Crippen LogP contribution is 2.29. The van der Waals surface area contributed by atoms with Crippen LogP contribution in [-0.4, -0.2) is 24.2 Å². The molecule has 1 N–H and O–H groups in total. The number of esters is 2. The molecule has 0 saturated carbocycles. The van der Waals surface area contributed by atoms with Crippen LogP contribution in [0.2, 0.25) is 0 Å². The second kappa shape index (κ2) is 6.68. The third-order valence-electron chi connectivity index (χ3n) is 3.84. The van der Waals surface area contributed by atoms with Crippen LogP contribution in [0.25, 0.3) is 10.8 Å². The maximum atomic E-state index is 12.2. The Labute approximate surface area is 143 Å². The molecule has 1 aromatic heterocycles. The standard InChI is InChI=1S/C19H16O6/c1-11-16(18(21)23-2)9-13(25-11)10-24-19(22)15-8-7-12-5-3-4-6-14(12)17(15)20/h3-9,20H,10H2,1-2H3. The van der Waals surface area contributed by atoms with Gasteiger partial charge < -0.3 is 19.0 Å². The van der Waals surface area contributed by atoms with Gasteiger partial charge in [0.2, 0.25) is 0 Å². The minimum Gasteiger partial charge on any atom is -0.506 e. The van der Waals surface area contributed by atoms with Crippen LogP contribution in [0.1, 0.15) is 32.2 Å². The Bertz CT molecular complexity index is 954. The first kappa shape index (κ1) is 16.6. The Balaban J connectivity index is 1.77.